The van der Waals surface area contributed by atoms with Gasteiger partial charge in [0.25, 0.3) is 0 Å². The van der Waals surface area contributed by atoms with Crippen LogP contribution in [0.2, 0.25) is 0 Å². The summed E-state index contributed by atoms with van der Waals surface area (Å²) >= 11 is 0. The maximum absolute atomic E-state index is 11.8. The van der Waals surface area contributed by atoms with Gasteiger partial charge in [-0.2, -0.15) is 5.26 Å². The van der Waals surface area contributed by atoms with E-state index >= 15 is 0 Å². The number of esters is 1. The van der Waals surface area contributed by atoms with Crippen LogP contribution < -0.4 is 5.32 Å². The van der Waals surface area contributed by atoms with Gasteiger partial charge >= 0.3 is 5.97 Å². The molecule has 1 fully saturated rings. The van der Waals surface area contributed by atoms with E-state index in [1.165, 1.54) is 7.11 Å². The zero-order chi connectivity index (χ0) is 13.5. The molecule has 1 heterocycles. The fourth-order valence-electron chi connectivity index (χ4n) is 1.81. The molecule has 1 aliphatic heterocycles. The molecule has 100 valence electrons. The standard InChI is InChI=1S/C12H18N2O4/c1-8(7-13)6-9(12(16)17-2)14-11(15)10-4-3-5-18-10/h8-10H,3-6H2,1-2H3,(H,14,15)/t8-,9+,10-/m1/s1. The van der Waals surface area contributed by atoms with E-state index in [-0.39, 0.29) is 18.2 Å². The molecule has 0 aromatic heterocycles. The summed E-state index contributed by atoms with van der Waals surface area (Å²) < 4.78 is 9.85. The minimum absolute atomic E-state index is 0.238. The third kappa shape index (κ3) is 4.00. The van der Waals surface area contributed by atoms with Crippen molar-refractivity contribution in [2.75, 3.05) is 13.7 Å². The average Bonchev–Trinajstić information content (AvgIpc) is 2.90. The van der Waals surface area contributed by atoms with Gasteiger partial charge in [-0.3, -0.25) is 4.79 Å². The Hall–Kier alpha value is -1.61. The monoisotopic (exact) mass is 254 g/mol. The first-order valence-corrected chi connectivity index (χ1v) is 5.98. The fourth-order valence-corrected chi connectivity index (χ4v) is 1.81. The molecule has 0 aromatic carbocycles. The van der Waals surface area contributed by atoms with Crippen LogP contribution in [-0.4, -0.2) is 37.7 Å². The largest absolute Gasteiger partial charge is 0.467 e. The lowest BCUT2D eigenvalue weighted by Crippen LogP contribution is -2.46. The summed E-state index contributed by atoms with van der Waals surface area (Å²) in [6.45, 7) is 2.25. The molecule has 0 unspecified atom stereocenters. The molecule has 1 aliphatic rings. The van der Waals surface area contributed by atoms with E-state index in [1.54, 1.807) is 6.92 Å². The number of nitrogens with one attached hydrogen (secondary N) is 1. The molecule has 1 saturated heterocycles. The predicted octanol–water partition coefficient (Wildman–Crippen LogP) is 0.373. The average molecular weight is 254 g/mol. The van der Waals surface area contributed by atoms with E-state index in [4.69, 9.17) is 10.00 Å². The minimum Gasteiger partial charge on any atom is -0.467 e. The highest BCUT2D eigenvalue weighted by Gasteiger charge is 2.29. The molecule has 0 aliphatic carbocycles. The Labute approximate surface area is 106 Å². The van der Waals surface area contributed by atoms with Crippen LogP contribution >= 0.6 is 0 Å². The fraction of sp³-hybridized carbons (Fsp3) is 0.750. The topological polar surface area (TPSA) is 88.4 Å². The van der Waals surface area contributed by atoms with Crippen molar-refractivity contribution in [1.29, 1.82) is 5.26 Å². The van der Waals surface area contributed by atoms with E-state index in [2.05, 4.69) is 10.1 Å². The molecular formula is C12H18N2O4. The molecule has 1 N–H and O–H groups in total. The highest BCUT2D eigenvalue weighted by Crippen LogP contribution is 2.13. The molecule has 0 saturated carbocycles. The number of carbonyl (C=O) groups excluding carboxylic acids is 2. The molecule has 1 amide bonds. The second-order valence-corrected chi connectivity index (χ2v) is 4.35. The summed E-state index contributed by atoms with van der Waals surface area (Å²) in [5, 5.41) is 11.3. The first-order valence-electron chi connectivity index (χ1n) is 5.98. The second-order valence-electron chi connectivity index (χ2n) is 4.35. The van der Waals surface area contributed by atoms with Gasteiger partial charge in [-0.05, 0) is 26.2 Å². The number of carbonyl (C=O) groups is 2. The van der Waals surface area contributed by atoms with Crippen molar-refractivity contribution in [3.63, 3.8) is 0 Å². The minimum atomic E-state index is -0.790. The number of amides is 1. The van der Waals surface area contributed by atoms with Gasteiger partial charge in [0.1, 0.15) is 12.1 Å². The van der Waals surface area contributed by atoms with Crippen molar-refractivity contribution in [2.24, 2.45) is 5.92 Å². The van der Waals surface area contributed by atoms with E-state index in [9.17, 15) is 9.59 Å². The van der Waals surface area contributed by atoms with E-state index in [1.807, 2.05) is 6.07 Å². The van der Waals surface area contributed by atoms with Crippen molar-refractivity contribution < 1.29 is 19.1 Å². The molecule has 0 aromatic rings. The summed E-state index contributed by atoms with van der Waals surface area (Å²) in [6.07, 6.45) is 1.25. The lowest BCUT2D eigenvalue weighted by molar-refractivity contribution is -0.146. The first kappa shape index (κ1) is 14.5. The van der Waals surface area contributed by atoms with Gasteiger partial charge in [0, 0.05) is 12.5 Å². The third-order valence-corrected chi connectivity index (χ3v) is 2.83. The van der Waals surface area contributed by atoms with Gasteiger partial charge in [0.05, 0.1) is 13.2 Å². The van der Waals surface area contributed by atoms with Crippen molar-refractivity contribution in [2.45, 2.75) is 38.3 Å². The Morgan fingerprint density at radius 1 is 1.61 bits per heavy atom. The SMILES string of the molecule is COC(=O)[C@H](C[C@@H](C)C#N)NC(=O)[C@H]1CCCO1. The third-order valence-electron chi connectivity index (χ3n) is 2.83. The Kier molecular flexibility index (Phi) is 5.59. The lowest BCUT2D eigenvalue weighted by Gasteiger charge is -2.19. The molecule has 6 heteroatoms. The highest BCUT2D eigenvalue weighted by molar-refractivity contribution is 5.87. The van der Waals surface area contributed by atoms with Crippen molar-refractivity contribution >= 4 is 11.9 Å². The highest BCUT2D eigenvalue weighted by atomic mass is 16.5. The van der Waals surface area contributed by atoms with Crippen LogP contribution in [0.4, 0.5) is 0 Å². The van der Waals surface area contributed by atoms with E-state index in [0.29, 0.717) is 13.0 Å². The van der Waals surface area contributed by atoms with Crippen LogP contribution in [-0.2, 0) is 19.1 Å². The number of hydrogen-bond donors (Lipinski definition) is 1. The van der Waals surface area contributed by atoms with Gasteiger partial charge < -0.3 is 14.8 Å². The number of nitrogens with zero attached hydrogens (tertiary/aromatic N) is 1. The normalized spacial score (nSPS) is 21.7. The second kappa shape index (κ2) is 6.97. The van der Waals surface area contributed by atoms with E-state index in [0.717, 1.165) is 6.42 Å². The maximum atomic E-state index is 11.8. The summed E-state index contributed by atoms with van der Waals surface area (Å²) in [5.74, 6) is -1.18. The predicted molar refractivity (Wildman–Crippen MR) is 62.3 cm³/mol. The molecule has 18 heavy (non-hydrogen) atoms. The molecule has 0 bridgehead atoms. The molecule has 1 rings (SSSR count). The van der Waals surface area contributed by atoms with Crippen LogP contribution in [0.25, 0.3) is 0 Å². The van der Waals surface area contributed by atoms with Gasteiger partial charge in [-0.1, -0.05) is 0 Å². The zero-order valence-electron chi connectivity index (χ0n) is 10.6. The molecule has 3 atom stereocenters. The Balaban J connectivity index is 2.57. The summed E-state index contributed by atoms with van der Waals surface area (Å²) in [6, 6.07) is 1.24. The van der Waals surface area contributed by atoms with Gasteiger partial charge in [-0.25, -0.2) is 4.79 Å². The number of hydrogen-bond acceptors (Lipinski definition) is 5. The molecule has 0 spiro atoms. The quantitative estimate of drug-likeness (QED) is 0.716. The van der Waals surface area contributed by atoms with E-state index < -0.39 is 18.1 Å². The number of ether oxygens (including phenoxy) is 2. The van der Waals surface area contributed by atoms with Crippen LogP contribution in [0.1, 0.15) is 26.2 Å². The van der Waals surface area contributed by atoms with Crippen LogP contribution in [0.3, 0.4) is 0 Å². The Morgan fingerprint density at radius 3 is 2.83 bits per heavy atom. The smallest absolute Gasteiger partial charge is 0.328 e. The molecule has 6 nitrogen and oxygen atoms in total. The van der Waals surface area contributed by atoms with Gasteiger partial charge in [0.2, 0.25) is 5.91 Å². The van der Waals surface area contributed by atoms with Gasteiger partial charge in [-0.15, -0.1) is 0 Å². The van der Waals surface area contributed by atoms with Crippen molar-refractivity contribution in [3.05, 3.63) is 0 Å². The van der Waals surface area contributed by atoms with Crippen LogP contribution in [0.15, 0.2) is 0 Å². The summed E-state index contributed by atoms with van der Waals surface area (Å²) in [7, 11) is 1.25. The maximum Gasteiger partial charge on any atom is 0.328 e. The molecule has 0 radical (unpaired) electrons. The van der Waals surface area contributed by atoms with Crippen LogP contribution in [0.5, 0.6) is 0 Å². The van der Waals surface area contributed by atoms with Gasteiger partial charge in [0.15, 0.2) is 0 Å². The number of methoxy groups -OCH3 is 1. The lowest BCUT2D eigenvalue weighted by atomic mass is 10.0. The van der Waals surface area contributed by atoms with Crippen molar-refractivity contribution in [3.8, 4) is 6.07 Å². The number of rotatable bonds is 5. The zero-order valence-corrected chi connectivity index (χ0v) is 10.6. The first-order chi connectivity index (χ1) is 8.58. The number of nitriles is 1. The molecular weight excluding hydrogens is 236 g/mol. The Bertz CT molecular complexity index is 344. The van der Waals surface area contributed by atoms with Crippen molar-refractivity contribution in [1.82, 2.24) is 5.32 Å². The Morgan fingerprint density at radius 2 is 2.33 bits per heavy atom. The van der Waals surface area contributed by atoms with Crippen LogP contribution in [0, 0.1) is 17.2 Å². The summed E-state index contributed by atoms with van der Waals surface area (Å²) in [4.78, 5) is 23.3. The summed E-state index contributed by atoms with van der Waals surface area (Å²) in [5.41, 5.74) is 0.